The lowest BCUT2D eigenvalue weighted by Gasteiger charge is -2.18. The summed E-state index contributed by atoms with van der Waals surface area (Å²) >= 11 is 1.43. The Bertz CT molecular complexity index is 1090. The third-order valence-corrected chi connectivity index (χ3v) is 5.01. The summed E-state index contributed by atoms with van der Waals surface area (Å²) in [5.41, 5.74) is 1.82. The Morgan fingerprint density at radius 2 is 2.07 bits per heavy atom. The van der Waals surface area contributed by atoms with Crippen molar-refractivity contribution in [2.45, 2.75) is 13.5 Å². The normalized spacial score (nSPS) is 10.8. The fraction of sp³-hybridized carbons (Fsp3) is 0.150. The highest BCUT2D eigenvalue weighted by Crippen LogP contribution is 2.32. The Hall–Kier alpha value is -3.39. The molecule has 0 atom stereocenters. The van der Waals surface area contributed by atoms with Gasteiger partial charge < -0.3 is 4.74 Å². The molecule has 0 saturated carbocycles. The summed E-state index contributed by atoms with van der Waals surface area (Å²) in [6, 6.07) is 11.3. The number of rotatable bonds is 6. The fourth-order valence-corrected chi connectivity index (χ4v) is 3.68. The number of pyridine rings is 1. The average molecular weight is 391 g/mol. The lowest BCUT2D eigenvalue weighted by Crippen LogP contribution is -2.31. The minimum absolute atomic E-state index is 0.257. The topological polar surface area (TPSA) is 81.1 Å². The second-order valence-corrected chi connectivity index (χ2v) is 6.87. The number of carbonyl (C=O) groups excluding carboxylic acids is 1. The van der Waals surface area contributed by atoms with Gasteiger partial charge in [0.25, 0.3) is 5.91 Å². The van der Waals surface area contributed by atoms with Gasteiger partial charge in [-0.2, -0.15) is 0 Å². The molecule has 28 heavy (non-hydrogen) atoms. The second kappa shape index (κ2) is 8.10. The highest BCUT2D eigenvalue weighted by Gasteiger charge is 2.23. The first-order valence-electron chi connectivity index (χ1n) is 8.76. The molecule has 0 bridgehead atoms. The molecule has 0 aliphatic heterocycles. The van der Waals surface area contributed by atoms with Crippen molar-refractivity contribution >= 4 is 32.6 Å². The van der Waals surface area contributed by atoms with Crippen molar-refractivity contribution in [1.29, 1.82) is 0 Å². The lowest BCUT2D eigenvalue weighted by atomic mass is 10.3. The molecule has 0 saturated heterocycles. The van der Waals surface area contributed by atoms with Gasteiger partial charge in [0.05, 0.1) is 35.3 Å². The summed E-state index contributed by atoms with van der Waals surface area (Å²) in [4.78, 5) is 31.8. The number of hydrogen-bond donors (Lipinski definition) is 0. The third-order valence-electron chi connectivity index (χ3n) is 3.96. The van der Waals surface area contributed by atoms with Crippen molar-refractivity contribution in [3.8, 4) is 5.75 Å². The van der Waals surface area contributed by atoms with Crippen LogP contribution in [-0.2, 0) is 6.54 Å². The van der Waals surface area contributed by atoms with Gasteiger partial charge in [-0.05, 0) is 37.3 Å². The van der Waals surface area contributed by atoms with Gasteiger partial charge in [0, 0.05) is 18.6 Å². The van der Waals surface area contributed by atoms with Crippen LogP contribution in [0.2, 0.25) is 0 Å². The van der Waals surface area contributed by atoms with Crippen LogP contribution >= 0.6 is 11.3 Å². The smallest absolute Gasteiger partial charge is 0.280 e. The quantitative estimate of drug-likeness (QED) is 0.498. The zero-order valence-corrected chi connectivity index (χ0v) is 16.0. The number of carbonyl (C=O) groups is 1. The summed E-state index contributed by atoms with van der Waals surface area (Å²) in [6.45, 7) is 2.82. The van der Waals surface area contributed by atoms with Crippen LogP contribution < -0.4 is 9.64 Å². The molecule has 0 N–H and O–H groups in total. The van der Waals surface area contributed by atoms with Crippen LogP contribution in [0.4, 0.5) is 5.13 Å². The van der Waals surface area contributed by atoms with Crippen molar-refractivity contribution in [1.82, 2.24) is 19.9 Å². The summed E-state index contributed by atoms with van der Waals surface area (Å²) in [5.74, 6) is 0.504. The number of thiazole rings is 1. The summed E-state index contributed by atoms with van der Waals surface area (Å²) in [6.07, 6.45) is 6.19. The molecular formula is C20H17N5O2S. The molecule has 1 amide bonds. The molecule has 0 spiro atoms. The van der Waals surface area contributed by atoms with Gasteiger partial charge in [0.2, 0.25) is 0 Å². The molecule has 0 fully saturated rings. The van der Waals surface area contributed by atoms with E-state index in [0.717, 1.165) is 21.7 Å². The predicted molar refractivity (Wildman–Crippen MR) is 108 cm³/mol. The molecule has 0 aliphatic rings. The number of ether oxygens (including phenoxy) is 1. The first-order valence-corrected chi connectivity index (χ1v) is 9.57. The van der Waals surface area contributed by atoms with Crippen LogP contribution in [0.5, 0.6) is 5.75 Å². The minimum Gasteiger partial charge on any atom is -0.494 e. The molecule has 1 aromatic carbocycles. The number of hydrogen-bond acceptors (Lipinski definition) is 7. The van der Waals surface area contributed by atoms with Crippen molar-refractivity contribution in [2.75, 3.05) is 11.5 Å². The Labute approximate surface area is 165 Å². The van der Waals surface area contributed by atoms with E-state index in [1.807, 2.05) is 43.3 Å². The predicted octanol–water partition coefficient (Wildman–Crippen LogP) is 3.73. The van der Waals surface area contributed by atoms with Gasteiger partial charge in [-0.25, -0.2) is 9.97 Å². The molecule has 0 radical (unpaired) electrons. The Morgan fingerprint density at radius 3 is 2.82 bits per heavy atom. The van der Waals surface area contributed by atoms with Gasteiger partial charge in [0.15, 0.2) is 5.13 Å². The SMILES string of the molecule is CCOc1ccc2nc(N(Cc3ccccn3)C(=O)c3cnccn3)sc2c1. The summed E-state index contributed by atoms with van der Waals surface area (Å²) in [7, 11) is 0. The Balaban J connectivity index is 1.74. The van der Waals surface area contributed by atoms with Gasteiger partial charge in [-0.15, -0.1) is 0 Å². The lowest BCUT2D eigenvalue weighted by molar-refractivity contribution is 0.0979. The van der Waals surface area contributed by atoms with Gasteiger partial charge in [-0.1, -0.05) is 17.4 Å². The molecule has 8 heteroatoms. The van der Waals surface area contributed by atoms with Gasteiger partial charge in [-0.3, -0.25) is 19.7 Å². The van der Waals surface area contributed by atoms with Crippen molar-refractivity contribution in [2.24, 2.45) is 0 Å². The molecule has 0 unspecified atom stereocenters. The van der Waals surface area contributed by atoms with Crippen LogP contribution in [-0.4, -0.2) is 32.4 Å². The molecule has 7 nitrogen and oxygen atoms in total. The maximum atomic E-state index is 13.1. The monoisotopic (exact) mass is 391 g/mol. The van der Waals surface area contributed by atoms with Crippen molar-refractivity contribution in [3.05, 3.63) is 72.6 Å². The molecule has 4 rings (SSSR count). The van der Waals surface area contributed by atoms with Crippen LogP contribution in [0.1, 0.15) is 23.1 Å². The third kappa shape index (κ3) is 3.81. The largest absolute Gasteiger partial charge is 0.494 e. The zero-order chi connectivity index (χ0) is 19.3. The summed E-state index contributed by atoms with van der Waals surface area (Å²) in [5, 5.41) is 0.574. The van der Waals surface area contributed by atoms with Crippen molar-refractivity contribution in [3.63, 3.8) is 0 Å². The van der Waals surface area contributed by atoms with Crippen LogP contribution in [0.25, 0.3) is 10.2 Å². The van der Waals surface area contributed by atoms with Crippen molar-refractivity contribution < 1.29 is 9.53 Å². The van der Waals surface area contributed by atoms with Crippen LogP contribution in [0.3, 0.4) is 0 Å². The first-order chi connectivity index (χ1) is 13.7. The molecule has 140 valence electrons. The molecule has 4 aromatic rings. The Morgan fingerprint density at radius 1 is 1.14 bits per heavy atom. The second-order valence-electron chi connectivity index (χ2n) is 5.86. The highest BCUT2D eigenvalue weighted by molar-refractivity contribution is 7.22. The molecule has 0 aliphatic carbocycles. The standard InChI is InChI=1S/C20H17N5O2S/c1-2-27-15-6-7-16-18(11-15)28-20(24-16)25(13-14-5-3-4-8-22-14)19(26)17-12-21-9-10-23-17/h3-12H,2,13H2,1H3. The molecule has 3 heterocycles. The van der Waals surface area contributed by atoms with E-state index in [0.29, 0.717) is 11.7 Å². The number of nitrogens with zero attached hydrogens (tertiary/aromatic N) is 5. The van der Waals surface area contributed by atoms with Gasteiger partial charge in [0.1, 0.15) is 11.4 Å². The number of anilines is 1. The van der Waals surface area contributed by atoms with E-state index in [1.54, 1.807) is 11.1 Å². The number of benzene rings is 1. The summed E-state index contributed by atoms with van der Waals surface area (Å²) < 4.78 is 6.51. The van der Waals surface area contributed by atoms with E-state index in [9.17, 15) is 4.79 Å². The maximum absolute atomic E-state index is 13.1. The minimum atomic E-state index is -0.275. The van der Waals surface area contributed by atoms with Crippen LogP contribution in [0, 0.1) is 0 Å². The average Bonchev–Trinajstić information content (AvgIpc) is 3.16. The van der Waals surface area contributed by atoms with E-state index in [2.05, 4.69) is 19.9 Å². The number of aromatic nitrogens is 4. The highest BCUT2D eigenvalue weighted by atomic mass is 32.1. The molecular weight excluding hydrogens is 374 g/mol. The first kappa shape index (κ1) is 18.0. The van der Waals surface area contributed by atoms with E-state index in [-0.39, 0.29) is 18.1 Å². The number of amides is 1. The van der Waals surface area contributed by atoms with E-state index >= 15 is 0 Å². The number of fused-ring (bicyclic) bond motifs is 1. The maximum Gasteiger partial charge on any atom is 0.280 e. The van der Waals surface area contributed by atoms with E-state index in [4.69, 9.17) is 4.74 Å². The van der Waals surface area contributed by atoms with E-state index in [1.165, 1.54) is 29.9 Å². The van der Waals surface area contributed by atoms with Gasteiger partial charge >= 0.3 is 0 Å². The molecule has 3 aromatic heterocycles. The zero-order valence-electron chi connectivity index (χ0n) is 15.1. The van der Waals surface area contributed by atoms with Crippen LogP contribution in [0.15, 0.2) is 61.2 Å². The Kier molecular flexibility index (Phi) is 5.20. The fourth-order valence-electron chi connectivity index (χ4n) is 2.69. The van der Waals surface area contributed by atoms with E-state index < -0.39 is 0 Å².